The van der Waals surface area contributed by atoms with Gasteiger partial charge in [0.1, 0.15) is 29.7 Å². The number of para-hydroxylation sites is 1. The largest absolute Gasteiger partial charge is 0.489 e. The second-order valence-corrected chi connectivity index (χ2v) is 6.54. The molecule has 0 atom stereocenters. The van der Waals surface area contributed by atoms with E-state index in [1.165, 1.54) is 7.05 Å². The number of ether oxygens (including phenoxy) is 1. The first kappa shape index (κ1) is 20.6. The van der Waals surface area contributed by atoms with Crippen molar-refractivity contribution < 1.29 is 9.53 Å². The van der Waals surface area contributed by atoms with Crippen LogP contribution in [0.2, 0.25) is 0 Å². The van der Waals surface area contributed by atoms with Crippen LogP contribution in [0.1, 0.15) is 11.1 Å². The van der Waals surface area contributed by atoms with E-state index >= 15 is 0 Å². The van der Waals surface area contributed by atoms with Crippen molar-refractivity contribution in [3.8, 4) is 28.8 Å². The summed E-state index contributed by atoms with van der Waals surface area (Å²) in [6, 6.07) is 17.4. The normalized spacial score (nSPS) is 10.9. The van der Waals surface area contributed by atoms with Crippen molar-refractivity contribution in [1.29, 1.82) is 5.26 Å². The minimum atomic E-state index is -0.444. The van der Waals surface area contributed by atoms with Crippen molar-refractivity contribution in [2.45, 2.75) is 6.92 Å². The van der Waals surface area contributed by atoms with Gasteiger partial charge in [-0.25, -0.2) is 4.68 Å². The van der Waals surface area contributed by atoms with Gasteiger partial charge in [-0.1, -0.05) is 30.9 Å². The van der Waals surface area contributed by atoms with Crippen molar-refractivity contribution in [3.05, 3.63) is 84.1 Å². The molecule has 30 heavy (non-hydrogen) atoms. The maximum atomic E-state index is 12.0. The van der Waals surface area contributed by atoms with E-state index < -0.39 is 5.91 Å². The number of hydrogen-bond donors (Lipinski definition) is 1. The van der Waals surface area contributed by atoms with Crippen LogP contribution in [0.25, 0.3) is 23.0 Å². The van der Waals surface area contributed by atoms with E-state index in [1.807, 2.05) is 67.7 Å². The number of carbonyl (C=O) groups excluding carboxylic acids is 1. The predicted molar refractivity (Wildman–Crippen MR) is 117 cm³/mol. The van der Waals surface area contributed by atoms with E-state index in [-0.39, 0.29) is 5.57 Å². The van der Waals surface area contributed by atoms with Crippen LogP contribution in [0, 0.1) is 18.3 Å². The van der Waals surface area contributed by atoms with E-state index in [0.29, 0.717) is 17.9 Å². The van der Waals surface area contributed by atoms with Gasteiger partial charge in [0.15, 0.2) is 0 Å². The molecule has 0 unspecified atom stereocenters. The Morgan fingerprint density at radius 2 is 2.07 bits per heavy atom. The lowest BCUT2D eigenvalue weighted by Gasteiger charge is -2.09. The van der Waals surface area contributed by atoms with E-state index in [0.717, 1.165) is 22.6 Å². The topological polar surface area (TPSA) is 79.9 Å². The third kappa shape index (κ3) is 4.47. The molecule has 0 saturated heterocycles. The molecule has 1 heterocycles. The fraction of sp³-hybridized carbons (Fsp3) is 0.125. The summed E-state index contributed by atoms with van der Waals surface area (Å²) in [5, 5.41) is 16.6. The molecule has 0 bridgehead atoms. The number of nitrogens with one attached hydrogen (secondary N) is 1. The summed E-state index contributed by atoms with van der Waals surface area (Å²) >= 11 is 0. The van der Waals surface area contributed by atoms with Gasteiger partial charge < -0.3 is 10.1 Å². The molecule has 150 valence electrons. The lowest BCUT2D eigenvalue weighted by Crippen LogP contribution is -2.19. The Bertz CT molecular complexity index is 1140. The third-order valence-corrected chi connectivity index (χ3v) is 4.46. The van der Waals surface area contributed by atoms with E-state index in [4.69, 9.17) is 9.84 Å². The van der Waals surface area contributed by atoms with Crippen LogP contribution in [-0.4, -0.2) is 29.3 Å². The van der Waals surface area contributed by atoms with Gasteiger partial charge in [-0.2, -0.15) is 10.4 Å². The molecular formula is C24H22N4O2. The maximum Gasteiger partial charge on any atom is 0.261 e. The van der Waals surface area contributed by atoms with Gasteiger partial charge >= 0.3 is 0 Å². The SMILES string of the molecule is C=CCOc1ccc(-c2nn(-c3ccccc3)cc2/C=C(\C#N)C(=O)NC)cc1C. The molecule has 2 aromatic carbocycles. The molecular weight excluding hydrogens is 376 g/mol. The van der Waals surface area contributed by atoms with Gasteiger partial charge in [0, 0.05) is 24.4 Å². The van der Waals surface area contributed by atoms with Gasteiger partial charge in [0.2, 0.25) is 0 Å². The summed E-state index contributed by atoms with van der Waals surface area (Å²) in [6.07, 6.45) is 5.06. The lowest BCUT2D eigenvalue weighted by molar-refractivity contribution is -0.116. The Kier molecular flexibility index (Phi) is 6.46. The molecule has 0 radical (unpaired) electrons. The highest BCUT2D eigenvalue weighted by atomic mass is 16.5. The molecule has 3 aromatic rings. The molecule has 0 saturated carbocycles. The average molecular weight is 398 g/mol. The molecule has 0 aliphatic heterocycles. The number of benzene rings is 2. The van der Waals surface area contributed by atoms with Gasteiger partial charge in [-0.05, 0) is 48.9 Å². The van der Waals surface area contributed by atoms with E-state index in [2.05, 4.69) is 11.9 Å². The van der Waals surface area contributed by atoms with Gasteiger partial charge in [0.05, 0.1) is 5.69 Å². The maximum absolute atomic E-state index is 12.0. The minimum Gasteiger partial charge on any atom is -0.489 e. The molecule has 6 nitrogen and oxygen atoms in total. The Labute approximate surface area is 175 Å². The first-order valence-electron chi connectivity index (χ1n) is 9.41. The number of hydrogen-bond acceptors (Lipinski definition) is 4. The smallest absolute Gasteiger partial charge is 0.261 e. The van der Waals surface area contributed by atoms with Crippen LogP contribution in [0.5, 0.6) is 5.75 Å². The molecule has 1 aromatic heterocycles. The summed E-state index contributed by atoms with van der Waals surface area (Å²) < 4.78 is 7.39. The number of carbonyl (C=O) groups is 1. The molecule has 1 amide bonds. The number of nitriles is 1. The molecule has 0 fully saturated rings. The second-order valence-electron chi connectivity index (χ2n) is 6.54. The van der Waals surface area contributed by atoms with Crippen LogP contribution < -0.4 is 10.1 Å². The summed E-state index contributed by atoms with van der Waals surface area (Å²) in [4.78, 5) is 12.0. The Morgan fingerprint density at radius 1 is 1.30 bits per heavy atom. The molecule has 0 spiro atoms. The fourth-order valence-electron chi connectivity index (χ4n) is 2.98. The zero-order valence-electron chi connectivity index (χ0n) is 16.9. The highest BCUT2D eigenvalue weighted by Gasteiger charge is 2.15. The minimum absolute atomic E-state index is 0.00835. The van der Waals surface area contributed by atoms with Crippen LogP contribution in [0.15, 0.2) is 73.0 Å². The highest BCUT2D eigenvalue weighted by Crippen LogP contribution is 2.29. The first-order chi connectivity index (χ1) is 14.6. The number of aryl methyl sites for hydroxylation is 1. The van der Waals surface area contributed by atoms with Crippen molar-refractivity contribution in [2.24, 2.45) is 0 Å². The van der Waals surface area contributed by atoms with Crippen LogP contribution >= 0.6 is 0 Å². The van der Waals surface area contributed by atoms with Gasteiger partial charge in [0.25, 0.3) is 5.91 Å². The standard InChI is InChI=1S/C24H22N4O2/c1-4-12-30-22-11-10-18(13-17(22)2)23-20(14-19(15-25)24(29)26-3)16-28(27-23)21-8-6-5-7-9-21/h4-11,13-14,16H,1,12H2,2-3H3,(H,26,29)/b19-14+. The Morgan fingerprint density at radius 3 is 2.70 bits per heavy atom. The summed E-state index contributed by atoms with van der Waals surface area (Å²) in [6.45, 7) is 6.05. The van der Waals surface area contributed by atoms with Crippen molar-refractivity contribution in [3.63, 3.8) is 0 Å². The number of rotatable bonds is 7. The van der Waals surface area contributed by atoms with Gasteiger partial charge in [-0.3, -0.25) is 4.79 Å². The monoisotopic (exact) mass is 398 g/mol. The summed E-state index contributed by atoms with van der Waals surface area (Å²) in [5.41, 5.74) is 4.01. The average Bonchev–Trinajstić information content (AvgIpc) is 3.20. The van der Waals surface area contributed by atoms with Crippen molar-refractivity contribution >= 4 is 12.0 Å². The fourth-order valence-corrected chi connectivity index (χ4v) is 2.98. The van der Waals surface area contributed by atoms with Crippen LogP contribution in [0.4, 0.5) is 0 Å². The zero-order valence-corrected chi connectivity index (χ0v) is 16.9. The quantitative estimate of drug-likeness (QED) is 0.370. The predicted octanol–water partition coefficient (Wildman–Crippen LogP) is 4.07. The van der Waals surface area contributed by atoms with Crippen molar-refractivity contribution in [2.75, 3.05) is 13.7 Å². The second kappa shape index (κ2) is 9.39. The third-order valence-electron chi connectivity index (χ3n) is 4.46. The number of amides is 1. The molecule has 0 aliphatic carbocycles. The van der Waals surface area contributed by atoms with Gasteiger partial charge in [-0.15, -0.1) is 0 Å². The summed E-state index contributed by atoms with van der Waals surface area (Å²) in [7, 11) is 1.49. The van der Waals surface area contributed by atoms with Crippen LogP contribution in [-0.2, 0) is 4.79 Å². The zero-order chi connectivity index (χ0) is 21.5. The molecule has 1 N–H and O–H groups in total. The highest BCUT2D eigenvalue weighted by molar-refractivity contribution is 6.02. The number of nitrogens with zero attached hydrogens (tertiary/aromatic N) is 3. The summed E-state index contributed by atoms with van der Waals surface area (Å²) in [5.74, 6) is 0.321. The van der Waals surface area contributed by atoms with Crippen LogP contribution in [0.3, 0.4) is 0 Å². The molecule has 3 rings (SSSR count). The first-order valence-corrected chi connectivity index (χ1v) is 9.41. The number of aromatic nitrogens is 2. The van der Waals surface area contributed by atoms with Crippen molar-refractivity contribution in [1.82, 2.24) is 15.1 Å². The molecule has 6 heteroatoms. The Hall–Kier alpha value is -4.11. The lowest BCUT2D eigenvalue weighted by atomic mass is 10.0. The van der Waals surface area contributed by atoms with E-state index in [9.17, 15) is 10.1 Å². The molecule has 0 aliphatic rings. The van der Waals surface area contributed by atoms with E-state index in [1.54, 1.807) is 16.8 Å². The Balaban J connectivity index is 2.13. The number of likely N-dealkylation sites (N-methyl/N-ethyl adjacent to an activating group) is 1.